The van der Waals surface area contributed by atoms with E-state index in [0.29, 0.717) is 57.3 Å². The summed E-state index contributed by atoms with van der Waals surface area (Å²) in [5.41, 5.74) is 1.76. The Balaban J connectivity index is 1.16. The van der Waals surface area contributed by atoms with Crippen LogP contribution in [0.15, 0.2) is 24.5 Å². The number of pyridine rings is 1. The van der Waals surface area contributed by atoms with E-state index in [1.54, 1.807) is 7.11 Å². The summed E-state index contributed by atoms with van der Waals surface area (Å²) < 4.78 is 46.1. The van der Waals surface area contributed by atoms with E-state index in [-0.39, 0.29) is 0 Å². The van der Waals surface area contributed by atoms with Crippen molar-refractivity contribution in [3.8, 4) is 28.9 Å². The fourth-order valence-electron chi connectivity index (χ4n) is 2.69. The summed E-state index contributed by atoms with van der Waals surface area (Å²) in [4.78, 5) is 0. The molecule has 10 nitrogen and oxygen atoms in total. The molecule has 0 fully saturated rings. The van der Waals surface area contributed by atoms with Gasteiger partial charge in [-0.25, -0.2) is 4.57 Å². The van der Waals surface area contributed by atoms with Crippen LogP contribution in [-0.4, -0.2) is 64.2 Å². The van der Waals surface area contributed by atoms with Gasteiger partial charge in [0.15, 0.2) is 18.1 Å². The summed E-state index contributed by atoms with van der Waals surface area (Å²) in [6, 6.07) is 3.97. The number of nitrogens with zero attached hydrogens (tertiary/aromatic N) is 5. The molecule has 0 saturated carbocycles. The van der Waals surface area contributed by atoms with Crippen LogP contribution in [0.5, 0.6) is 17.6 Å². The van der Waals surface area contributed by atoms with Gasteiger partial charge in [-0.3, -0.25) is 0 Å². The van der Waals surface area contributed by atoms with Gasteiger partial charge in [-0.05, 0) is 12.5 Å². The molecule has 0 saturated heterocycles. The molecule has 3 rings (SSSR count). The maximum Gasteiger partial charge on any atom is 0.291 e. The third kappa shape index (κ3) is 7.93. The molecule has 3 aromatic heterocycles. The molecule has 0 aliphatic carbocycles. The Morgan fingerprint density at radius 2 is 1.38 bits per heavy atom. The molecule has 0 spiro atoms. The molecule has 0 aliphatic rings. The molecule has 12 heteroatoms. The highest BCUT2D eigenvalue weighted by Gasteiger charge is 2.14. The average molecular weight is 483 g/mol. The van der Waals surface area contributed by atoms with E-state index < -0.39 is 0 Å². The Morgan fingerprint density at radius 1 is 0.781 bits per heavy atom. The molecule has 0 atom stereocenters. The van der Waals surface area contributed by atoms with Gasteiger partial charge in [0.1, 0.15) is 7.05 Å². The van der Waals surface area contributed by atoms with Crippen molar-refractivity contribution >= 4 is 23.5 Å². The van der Waals surface area contributed by atoms with Gasteiger partial charge >= 0.3 is 0 Å². The van der Waals surface area contributed by atoms with E-state index >= 15 is 0 Å². The number of rotatable bonds is 16. The Kier molecular flexibility index (Phi) is 10.5. The van der Waals surface area contributed by atoms with E-state index in [1.807, 2.05) is 36.1 Å². The van der Waals surface area contributed by atoms with E-state index in [2.05, 4.69) is 17.5 Å². The van der Waals surface area contributed by atoms with Crippen molar-refractivity contribution in [1.82, 2.24) is 17.5 Å². The molecule has 0 N–H and O–H groups in total. The summed E-state index contributed by atoms with van der Waals surface area (Å²) in [7, 11) is 3.52. The van der Waals surface area contributed by atoms with Gasteiger partial charge in [0.25, 0.3) is 17.6 Å². The molecule has 0 unspecified atom stereocenters. The Morgan fingerprint density at radius 3 is 2.06 bits per heavy atom. The quantitative estimate of drug-likeness (QED) is 0.225. The third-order valence-corrected chi connectivity index (χ3v) is 5.22. The lowest BCUT2D eigenvalue weighted by Crippen LogP contribution is -2.26. The van der Waals surface area contributed by atoms with Crippen LogP contribution < -0.4 is 18.8 Å². The highest BCUT2D eigenvalue weighted by atomic mass is 32.1. The molecular formula is C20H28N5O5S2+. The van der Waals surface area contributed by atoms with Crippen molar-refractivity contribution in [1.29, 1.82) is 0 Å². The average Bonchev–Trinajstić information content (AvgIpc) is 3.46. The van der Waals surface area contributed by atoms with Crippen molar-refractivity contribution in [3.63, 3.8) is 0 Å². The molecule has 3 heterocycles. The summed E-state index contributed by atoms with van der Waals surface area (Å²) >= 11 is 2.22. The topological polar surface area (TPSA) is 102 Å². The lowest BCUT2D eigenvalue weighted by molar-refractivity contribution is -0.671. The van der Waals surface area contributed by atoms with Gasteiger partial charge in [0.05, 0.1) is 49.3 Å². The minimum Gasteiger partial charge on any atom is -0.477 e. The van der Waals surface area contributed by atoms with Crippen molar-refractivity contribution in [3.05, 3.63) is 24.5 Å². The zero-order valence-corrected chi connectivity index (χ0v) is 19.9. The Labute approximate surface area is 195 Å². The molecular weight excluding hydrogens is 454 g/mol. The van der Waals surface area contributed by atoms with Crippen LogP contribution in [0.3, 0.4) is 0 Å². The van der Waals surface area contributed by atoms with E-state index in [9.17, 15) is 0 Å². The summed E-state index contributed by atoms with van der Waals surface area (Å²) in [6.07, 6.45) is 6.37. The largest absolute Gasteiger partial charge is 0.477 e. The molecule has 0 bridgehead atoms. The number of aromatic nitrogens is 5. The minimum atomic E-state index is 0.424. The molecule has 0 radical (unpaired) electrons. The van der Waals surface area contributed by atoms with Gasteiger partial charge in [-0.15, -0.1) is 13.1 Å². The molecule has 0 amide bonds. The van der Waals surface area contributed by atoms with E-state index in [4.69, 9.17) is 23.7 Å². The van der Waals surface area contributed by atoms with Crippen molar-refractivity contribution in [2.45, 2.75) is 19.3 Å². The molecule has 174 valence electrons. The number of hydrogen-bond acceptors (Lipinski definition) is 11. The predicted octanol–water partition coefficient (Wildman–Crippen LogP) is 2.55. The van der Waals surface area contributed by atoms with Gasteiger partial charge in [0.2, 0.25) is 0 Å². The first kappa shape index (κ1) is 24.2. The second-order valence-corrected chi connectivity index (χ2v) is 7.79. The molecule has 0 aromatic carbocycles. The molecule has 3 aromatic rings. The van der Waals surface area contributed by atoms with Gasteiger partial charge in [-0.1, -0.05) is 0 Å². The fraction of sp³-hybridized carbons (Fsp3) is 0.550. The van der Waals surface area contributed by atoms with Crippen molar-refractivity contribution in [2.24, 2.45) is 7.05 Å². The van der Waals surface area contributed by atoms with E-state index in [1.165, 1.54) is 0 Å². The summed E-state index contributed by atoms with van der Waals surface area (Å²) in [5.74, 6) is 1.43. The summed E-state index contributed by atoms with van der Waals surface area (Å²) in [6.45, 7) is 3.61. The van der Waals surface area contributed by atoms with Crippen LogP contribution in [0.1, 0.15) is 19.3 Å². The summed E-state index contributed by atoms with van der Waals surface area (Å²) in [5, 5.41) is 0. The highest BCUT2D eigenvalue weighted by molar-refractivity contribution is 6.99. The first-order valence-corrected chi connectivity index (χ1v) is 11.8. The Hall–Kier alpha value is -2.41. The smallest absolute Gasteiger partial charge is 0.291 e. The van der Waals surface area contributed by atoms with Crippen LogP contribution in [-0.2, 0) is 16.5 Å². The fourth-order valence-corrected chi connectivity index (χ4v) is 3.68. The first-order chi connectivity index (χ1) is 15.8. The van der Waals surface area contributed by atoms with E-state index in [0.717, 1.165) is 54.0 Å². The van der Waals surface area contributed by atoms with Crippen molar-refractivity contribution in [2.75, 3.05) is 46.8 Å². The van der Waals surface area contributed by atoms with Crippen LogP contribution in [0.4, 0.5) is 0 Å². The van der Waals surface area contributed by atoms with Crippen LogP contribution in [0.2, 0.25) is 0 Å². The maximum absolute atomic E-state index is 5.79. The third-order valence-electron chi connectivity index (χ3n) is 4.22. The first-order valence-electron chi connectivity index (χ1n) is 10.3. The minimum absolute atomic E-state index is 0.424. The number of aryl methyl sites for hydroxylation is 1. The molecule has 0 aliphatic heterocycles. The standard InChI is InChI=1S/C20H28N5O5S2/c1-25-8-3-7-16(15-25)17-18(22-31-21-17)29-13-5-11-27-9-4-10-28-12-6-14-30-20-19(26-2)23-32-24-20/h3,7-8,15H,4-6,9-14H2,1-2H3/q+1. The Bertz CT molecular complexity index is 923. The van der Waals surface area contributed by atoms with Gasteiger partial charge in [0, 0.05) is 45.3 Å². The lowest BCUT2D eigenvalue weighted by Gasteiger charge is -2.07. The monoisotopic (exact) mass is 482 g/mol. The zero-order valence-electron chi connectivity index (χ0n) is 18.3. The number of hydrogen-bond donors (Lipinski definition) is 0. The van der Waals surface area contributed by atoms with Crippen LogP contribution >= 0.6 is 23.5 Å². The molecule has 32 heavy (non-hydrogen) atoms. The number of methoxy groups -OCH3 is 1. The normalized spacial score (nSPS) is 10.9. The van der Waals surface area contributed by atoms with Crippen molar-refractivity contribution < 1.29 is 28.3 Å². The second-order valence-electron chi connectivity index (χ2n) is 6.74. The van der Waals surface area contributed by atoms with Gasteiger partial charge in [-0.2, -0.15) is 4.37 Å². The zero-order chi connectivity index (χ0) is 22.4. The number of ether oxygens (including phenoxy) is 5. The second kappa shape index (κ2) is 13.9. The van der Waals surface area contributed by atoms with Crippen LogP contribution in [0, 0.1) is 0 Å². The predicted molar refractivity (Wildman–Crippen MR) is 119 cm³/mol. The van der Waals surface area contributed by atoms with Gasteiger partial charge < -0.3 is 23.7 Å². The lowest BCUT2D eigenvalue weighted by atomic mass is 10.2. The maximum atomic E-state index is 5.79. The highest BCUT2D eigenvalue weighted by Crippen LogP contribution is 2.26. The SMILES string of the molecule is COc1nsnc1OCCCOCCCOCCCOc1nsnc1-c1ccc[n+](C)c1. The van der Waals surface area contributed by atoms with Crippen LogP contribution in [0.25, 0.3) is 11.3 Å².